The highest BCUT2D eigenvalue weighted by atomic mass is 35.5. The first-order valence-electron chi connectivity index (χ1n) is 6.71. The summed E-state index contributed by atoms with van der Waals surface area (Å²) in [5.41, 5.74) is 6.48. The molecule has 1 rings (SSSR count). The van der Waals surface area contributed by atoms with Crippen LogP contribution in [-0.2, 0) is 16.4 Å². The van der Waals surface area contributed by atoms with Gasteiger partial charge in [0.05, 0.1) is 4.90 Å². The minimum atomic E-state index is -3.49. The molecule has 0 aliphatic carbocycles. The molecule has 0 aromatic heterocycles. The van der Waals surface area contributed by atoms with E-state index in [0.717, 1.165) is 12.0 Å². The lowest BCUT2D eigenvalue weighted by Gasteiger charge is -2.19. The number of hydrogen-bond donors (Lipinski definition) is 2. The second-order valence-corrected chi connectivity index (χ2v) is 6.83. The standard InChI is InChI=1S/C14H24N2O2S.ClH/c1-4-12-7-5-6-8-14(12)19(17,18)16-13(10-15)9-11(2)3;/h5-8,11,13,16H,4,9-10,15H2,1-3H3;1H. The van der Waals surface area contributed by atoms with Crippen LogP contribution in [0, 0.1) is 5.92 Å². The number of hydrogen-bond acceptors (Lipinski definition) is 3. The van der Waals surface area contributed by atoms with E-state index in [2.05, 4.69) is 18.6 Å². The Hall–Kier alpha value is -0.620. The van der Waals surface area contributed by atoms with Crippen molar-refractivity contribution in [3.8, 4) is 0 Å². The van der Waals surface area contributed by atoms with Gasteiger partial charge < -0.3 is 5.73 Å². The van der Waals surface area contributed by atoms with Crippen LogP contribution >= 0.6 is 12.4 Å². The summed E-state index contributed by atoms with van der Waals surface area (Å²) >= 11 is 0. The maximum absolute atomic E-state index is 12.4. The third kappa shape index (κ3) is 5.40. The van der Waals surface area contributed by atoms with E-state index in [1.54, 1.807) is 12.1 Å². The molecule has 0 fully saturated rings. The molecule has 3 N–H and O–H groups in total. The normalized spacial score (nSPS) is 13.1. The second kappa shape index (κ2) is 8.62. The fourth-order valence-electron chi connectivity index (χ4n) is 2.10. The monoisotopic (exact) mass is 320 g/mol. The molecule has 0 saturated heterocycles. The number of halogens is 1. The lowest BCUT2D eigenvalue weighted by Crippen LogP contribution is -2.41. The minimum absolute atomic E-state index is 0. The van der Waals surface area contributed by atoms with Gasteiger partial charge in [-0.1, -0.05) is 39.0 Å². The van der Waals surface area contributed by atoms with Crippen LogP contribution in [0.2, 0.25) is 0 Å². The average Bonchev–Trinajstić information content (AvgIpc) is 2.37. The van der Waals surface area contributed by atoms with E-state index in [1.165, 1.54) is 0 Å². The van der Waals surface area contributed by atoms with Gasteiger partial charge in [-0.05, 0) is 30.4 Å². The third-order valence-corrected chi connectivity index (χ3v) is 4.63. The topological polar surface area (TPSA) is 72.2 Å². The van der Waals surface area contributed by atoms with Crippen molar-refractivity contribution in [1.29, 1.82) is 0 Å². The zero-order chi connectivity index (χ0) is 14.5. The Kier molecular flexibility index (Phi) is 8.35. The van der Waals surface area contributed by atoms with E-state index < -0.39 is 10.0 Å². The van der Waals surface area contributed by atoms with Crippen LogP contribution in [0.5, 0.6) is 0 Å². The molecule has 0 aliphatic rings. The minimum Gasteiger partial charge on any atom is -0.329 e. The molecule has 1 aromatic rings. The van der Waals surface area contributed by atoms with Crippen molar-refractivity contribution in [3.05, 3.63) is 29.8 Å². The highest BCUT2D eigenvalue weighted by Crippen LogP contribution is 2.17. The molecule has 4 nitrogen and oxygen atoms in total. The number of benzene rings is 1. The molecule has 0 amide bonds. The molecule has 0 bridgehead atoms. The van der Waals surface area contributed by atoms with Gasteiger partial charge in [-0.2, -0.15) is 0 Å². The third-order valence-electron chi connectivity index (χ3n) is 3.01. The molecule has 1 unspecified atom stereocenters. The van der Waals surface area contributed by atoms with Crippen molar-refractivity contribution in [2.75, 3.05) is 6.54 Å². The SMILES string of the molecule is CCc1ccccc1S(=O)(=O)NC(CN)CC(C)C.Cl. The van der Waals surface area contributed by atoms with Gasteiger partial charge in [0.25, 0.3) is 0 Å². The maximum Gasteiger partial charge on any atom is 0.241 e. The first-order valence-corrected chi connectivity index (χ1v) is 8.19. The van der Waals surface area contributed by atoms with Gasteiger partial charge in [-0.25, -0.2) is 13.1 Å². The summed E-state index contributed by atoms with van der Waals surface area (Å²) in [6, 6.07) is 6.87. The van der Waals surface area contributed by atoms with Gasteiger partial charge in [-0.15, -0.1) is 12.4 Å². The lowest BCUT2D eigenvalue weighted by molar-refractivity contribution is 0.465. The predicted molar refractivity (Wildman–Crippen MR) is 85.7 cm³/mol. The van der Waals surface area contributed by atoms with Crippen LogP contribution in [0.1, 0.15) is 32.8 Å². The van der Waals surface area contributed by atoms with Gasteiger partial charge in [0.2, 0.25) is 10.0 Å². The van der Waals surface area contributed by atoms with Gasteiger partial charge in [0.15, 0.2) is 0 Å². The highest BCUT2D eigenvalue weighted by Gasteiger charge is 2.21. The van der Waals surface area contributed by atoms with Crippen LogP contribution in [-0.4, -0.2) is 21.0 Å². The molecule has 0 heterocycles. The van der Waals surface area contributed by atoms with E-state index in [9.17, 15) is 8.42 Å². The van der Waals surface area contributed by atoms with Crippen molar-refractivity contribution < 1.29 is 8.42 Å². The van der Waals surface area contributed by atoms with E-state index in [1.807, 2.05) is 19.1 Å². The second-order valence-electron chi connectivity index (χ2n) is 5.14. The number of rotatable bonds is 7. The van der Waals surface area contributed by atoms with Crippen molar-refractivity contribution in [1.82, 2.24) is 4.72 Å². The van der Waals surface area contributed by atoms with Gasteiger partial charge in [0, 0.05) is 12.6 Å². The Bertz CT molecular complexity index is 504. The fraction of sp³-hybridized carbons (Fsp3) is 0.571. The van der Waals surface area contributed by atoms with Crippen molar-refractivity contribution in [3.63, 3.8) is 0 Å². The quantitative estimate of drug-likeness (QED) is 0.810. The predicted octanol–water partition coefficient (Wildman–Crippen LogP) is 2.32. The summed E-state index contributed by atoms with van der Waals surface area (Å²) in [5, 5.41) is 0. The molecular formula is C14H25ClN2O2S. The Balaban J connectivity index is 0.00000361. The number of sulfonamides is 1. The number of nitrogens with one attached hydrogen (secondary N) is 1. The van der Waals surface area contributed by atoms with E-state index in [0.29, 0.717) is 23.8 Å². The average molecular weight is 321 g/mol. The Labute approximate surface area is 128 Å². The Morgan fingerprint density at radius 1 is 1.25 bits per heavy atom. The number of nitrogens with two attached hydrogens (primary N) is 1. The largest absolute Gasteiger partial charge is 0.329 e. The molecule has 0 radical (unpaired) electrons. The zero-order valence-corrected chi connectivity index (χ0v) is 13.9. The van der Waals surface area contributed by atoms with Gasteiger partial charge in [0.1, 0.15) is 0 Å². The van der Waals surface area contributed by atoms with E-state index >= 15 is 0 Å². The van der Waals surface area contributed by atoms with Crippen molar-refractivity contribution in [2.45, 2.75) is 44.6 Å². The molecule has 6 heteroatoms. The van der Waals surface area contributed by atoms with Crippen LogP contribution in [0.3, 0.4) is 0 Å². The maximum atomic E-state index is 12.4. The summed E-state index contributed by atoms with van der Waals surface area (Å²) in [4.78, 5) is 0.361. The Morgan fingerprint density at radius 3 is 2.35 bits per heavy atom. The zero-order valence-electron chi connectivity index (χ0n) is 12.3. The Morgan fingerprint density at radius 2 is 1.85 bits per heavy atom. The van der Waals surface area contributed by atoms with Gasteiger partial charge in [-0.3, -0.25) is 0 Å². The summed E-state index contributed by atoms with van der Waals surface area (Å²) in [7, 11) is -3.49. The molecule has 20 heavy (non-hydrogen) atoms. The van der Waals surface area contributed by atoms with Crippen LogP contribution < -0.4 is 10.5 Å². The first kappa shape index (κ1) is 19.4. The molecule has 1 atom stereocenters. The molecule has 0 aliphatic heterocycles. The van der Waals surface area contributed by atoms with Crippen LogP contribution in [0.15, 0.2) is 29.2 Å². The molecule has 0 saturated carbocycles. The summed E-state index contributed by atoms with van der Waals surface area (Å²) in [6.07, 6.45) is 1.43. The smallest absolute Gasteiger partial charge is 0.241 e. The molecule has 0 spiro atoms. The van der Waals surface area contributed by atoms with Crippen molar-refractivity contribution in [2.24, 2.45) is 11.7 Å². The van der Waals surface area contributed by atoms with E-state index in [4.69, 9.17) is 5.73 Å². The van der Waals surface area contributed by atoms with Crippen LogP contribution in [0.4, 0.5) is 0 Å². The molecule has 1 aromatic carbocycles. The number of aryl methyl sites for hydroxylation is 1. The molecule has 116 valence electrons. The summed E-state index contributed by atoms with van der Waals surface area (Å²) in [6.45, 7) is 6.36. The van der Waals surface area contributed by atoms with Crippen LogP contribution in [0.25, 0.3) is 0 Å². The van der Waals surface area contributed by atoms with Gasteiger partial charge >= 0.3 is 0 Å². The first-order chi connectivity index (χ1) is 8.90. The fourth-order valence-corrected chi connectivity index (χ4v) is 3.68. The summed E-state index contributed by atoms with van der Waals surface area (Å²) in [5.74, 6) is 0.401. The highest BCUT2D eigenvalue weighted by molar-refractivity contribution is 7.89. The van der Waals surface area contributed by atoms with Crippen molar-refractivity contribution >= 4 is 22.4 Å². The lowest BCUT2D eigenvalue weighted by atomic mass is 10.1. The summed E-state index contributed by atoms with van der Waals surface area (Å²) < 4.78 is 27.5. The molecular weight excluding hydrogens is 296 g/mol. The van der Waals surface area contributed by atoms with E-state index in [-0.39, 0.29) is 18.4 Å².